The van der Waals surface area contributed by atoms with Crippen LogP contribution in [-0.4, -0.2) is 26.4 Å². The number of aromatic hydroxyl groups is 3. The van der Waals surface area contributed by atoms with E-state index in [-0.39, 0.29) is 0 Å². The number of phenols is 3. The number of aryl methyl sites for hydroxylation is 1. The number of nitrogens with zero attached hydrogens (tertiary/aromatic N) is 2. The van der Waals surface area contributed by atoms with E-state index in [1.807, 2.05) is 6.92 Å². The van der Waals surface area contributed by atoms with E-state index >= 15 is 0 Å². The second-order valence-corrected chi connectivity index (χ2v) is 4.33. The van der Waals surface area contributed by atoms with Crippen molar-refractivity contribution < 1.29 is 25.2 Å². The van der Waals surface area contributed by atoms with Gasteiger partial charge in [-0.3, -0.25) is 0 Å². The van der Waals surface area contributed by atoms with Crippen molar-refractivity contribution in [2.45, 2.75) is 6.92 Å². The highest BCUT2D eigenvalue weighted by molar-refractivity contribution is 5.96. The van der Waals surface area contributed by atoms with Gasteiger partial charge in [-0.1, -0.05) is 17.7 Å². The van der Waals surface area contributed by atoms with Crippen LogP contribution in [0.15, 0.2) is 40.6 Å². The van der Waals surface area contributed by atoms with E-state index in [0.29, 0.717) is 5.69 Å². The van der Waals surface area contributed by atoms with Gasteiger partial charge in [0.2, 0.25) is 5.75 Å². The molecule has 0 bridgehead atoms. The van der Waals surface area contributed by atoms with Gasteiger partial charge in [0, 0.05) is 6.07 Å². The average Bonchev–Trinajstić information content (AvgIpc) is 2.45. The third-order valence-electron chi connectivity index (χ3n) is 2.76. The smallest absolute Gasteiger partial charge is 0.338 e. The summed E-state index contributed by atoms with van der Waals surface area (Å²) < 4.78 is 0. The normalized spacial score (nSPS) is 10.9. The highest BCUT2D eigenvalue weighted by Gasteiger charge is 2.21. The van der Waals surface area contributed by atoms with Crippen LogP contribution in [0, 0.1) is 6.92 Å². The summed E-state index contributed by atoms with van der Waals surface area (Å²) in [6, 6.07) is 7.70. The van der Waals surface area contributed by atoms with E-state index < -0.39 is 34.5 Å². The molecule has 108 valence electrons. The predicted octanol–water partition coefficient (Wildman–Crippen LogP) is 3.23. The fourth-order valence-electron chi connectivity index (χ4n) is 1.62. The first-order chi connectivity index (χ1) is 9.90. The van der Waals surface area contributed by atoms with E-state index in [4.69, 9.17) is 5.11 Å². The van der Waals surface area contributed by atoms with Crippen molar-refractivity contribution in [2.24, 2.45) is 10.2 Å². The Labute approximate surface area is 119 Å². The van der Waals surface area contributed by atoms with Crippen molar-refractivity contribution in [3.63, 3.8) is 0 Å². The van der Waals surface area contributed by atoms with Gasteiger partial charge >= 0.3 is 5.97 Å². The molecule has 0 amide bonds. The zero-order valence-electron chi connectivity index (χ0n) is 11.0. The molecule has 0 aliphatic heterocycles. The maximum absolute atomic E-state index is 11.1. The Morgan fingerprint density at radius 3 is 2.19 bits per heavy atom. The molecule has 21 heavy (non-hydrogen) atoms. The molecule has 7 nitrogen and oxygen atoms in total. The van der Waals surface area contributed by atoms with Gasteiger partial charge in [-0.05, 0) is 19.1 Å². The molecule has 0 aromatic heterocycles. The lowest BCUT2D eigenvalue weighted by Gasteiger charge is -2.06. The number of carboxylic acid groups (broad SMARTS) is 1. The highest BCUT2D eigenvalue weighted by Crippen LogP contribution is 2.45. The minimum Gasteiger partial charge on any atom is -0.504 e. The van der Waals surface area contributed by atoms with Crippen molar-refractivity contribution in [3.8, 4) is 17.2 Å². The number of azo groups is 1. The number of carboxylic acids is 1. The summed E-state index contributed by atoms with van der Waals surface area (Å²) in [5, 5.41) is 44.9. The molecule has 2 aromatic rings. The summed E-state index contributed by atoms with van der Waals surface area (Å²) >= 11 is 0. The highest BCUT2D eigenvalue weighted by atomic mass is 16.4. The van der Waals surface area contributed by atoms with Gasteiger partial charge in [0.1, 0.15) is 5.69 Å². The third kappa shape index (κ3) is 2.92. The number of rotatable bonds is 3. The standard InChI is InChI=1S/C14H12N2O5/c1-7-2-4-8(5-3-7)15-16-11-9(14(20)21)6-10(17)12(18)13(11)19/h2-6,17-19H,1H3,(H,20,21). The first kappa shape index (κ1) is 14.3. The molecule has 0 saturated carbocycles. The molecule has 0 radical (unpaired) electrons. The predicted molar refractivity (Wildman–Crippen MR) is 73.8 cm³/mol. The van der Waals surface area contributed by atoms with Crippen molar-refractivity contribution in [2.75, 3.05) is 0 Å². The number of hydrogen-bond donors (Lipinski definition) is 4. The Bertz CT molecular complexity index is 723. The fraction of sp³-hybridized carbons (Fsp3) is 0.0714. The minimum absolute atomic E-state index is 0.432. The molecule has 0 heterocycles. The SMILES string of the molecule is Cc1ccc(N=Nc2c(C(=O)O)cc(O)c(O)c2O)cc1. The first-order valence-corrected chi connectivity index (χ1v) is 5.89. The molecule has 2 rings (SSSR count). The Morgan fingerprint density at radius 1 is 1.00 bits per heavy atom. The number of aromatic carboxylic acids is 1. The van der Waals surface area contributed by atoms with E-state index in [1.54, 1.807) is 24.3 Å². The molecule has 0 atom stereocenters. The molecular formula is C14H12N2O5. The van der Waals surface area contributed by atoms with Crippen LogP contribution in [0.5, 0.6) is 17.2 Å². The summed E-state index contributed by atoms with van der Waals surface area (Å²) in [4.78, 5) is 11.1. The molecule has 0 fully saturated rings. The number of benzene rings is 2. The van der Waals surface area contributed by atoms with Gasteiger partial charge in [-0.25, -0.2) is 4.79 Å². The molecule has 0 spiro atoms. The monoisotopic (exact) mass is 288 g/mol. The van der Waals surface area contributed by atoms with Crippen LogP contribution in [0.2, 0.25) is 0 Å². The van der Waals surface area contributed by atoms with Crippen LogP contribution in [-0.2, 0) is 0 Å². The lowest BCUT2D eigenvalue weighted by Crippen LogP contribution is -1.96. The van der Waals surface area contributed by atoms with Gasteiger partial charge in [0.15, 0.2) is 11.5 Å². The van der Waals surface area contributed by atoms with Crippen LogP contribution < -0.4 is 0 Å². The van der Waals surface area contributed by atoms with Crippen LogP contribution in [0.25, 0.3) is 0 Å². The lowest BCUT2D eigenvalue weighted by molar-refractivity contribution is 0.0697. The van der Waals surface area contributed by atoms with Gasteiger partial charge in [-0.15, -0.1) is 5.11 Å². The zero-order valence-corrected chi connectivity index (χ0v) is 11.0. The number of carbonyl (C=O) groups is 1. The Morgan fingerprint density at radius 2 is 1.62 bits per heavy atom. The Balaban J connectivity index is 2.50. The van der Waals surface area contributed by atoms with Crippen LogP contribution >= 0.6 is 0 Å². The van der Waals surface area contributed by atoms with Crippen molar-refractivity contribution >= 4 is 17.3 Å². The maximum atomic E-state index is 11.1. The zero-order chi connectivity index (χ0) is 15.6. The summed E-state index contributed by atoms with van der Waals surface area (Å²) in [5.74, 6) is -3.86. The molecule has 0 unspecified atom stereocenters. The maximum Gasteiger partial charge on any atom is 0.338 e. The lowest BCUT2D eigenvalue weighted by atomic mass is 10.1. The summed E-state index contributed by atoms with van der Waals surface area (Å²) in [5.41, 5.74) is 0.561. The summed E-state index contributed by atoms with van der Waals surface area (Å²) in [6.45, 7) is 1.90. The van der Waals surface area contributed by atoms with E-state index in [2.05, 4.69) is 10.2 Å². The molecule has 2 aromatic carbocycles. The second kappa shape index (κ2) is 5.49. The topological polar surface area (TPSA) is 123 Å². The van der Waals surface area contributed by atoms with Gasteiger partial charge in [0.25, 0.3) is 0 Å². The van der Waals surface area contributed by atoms with Gasteiger partial charge in [0.05, 0.1) is 11.3 Å². The largest absolute Gasteiger partial charge is 0.504 e. The van der Waals surface area contributed by atoms with Crippen LogP contribution in [0.1, 0.15) is 15.9 Å². The van der Waals surface area contributed by atoms with Gasteiger partial charge in [-0.2, -0.15) is 5.11 Å². The average molecular weight is 288 g/mol. The summed E-state index contributed by atoms with van der Waals surface area (Å²) in [6.07, 6.45) is 0. The van der Waals surface area contributed by atoms with Crippen molar-refractivity contribution in [1.82, 2.24) is 0 Å². The molecule has 0 aliphatic rings. The van der Waals surface area contributed by atoms with E-state index in [1.165, 1.54) is 0 Å². The fourth-order valence-corrected chi connectivity index (χ4v) is 1.62. The molecule has 4 N–H and O–H groups in total. The number of phenolic OH excluding ortho intramolecular Hbond substituents is 3. The molecule has 0 saturated heterocycles. The number of hydrogen-bond acceptors (Lipinski definition) is 6. The Hall–Kier alpha value is -3.09. The van der Waals surface area contributed by atoms with E-state index in [9.17, 15) is 20.1 Å². The molecule has 7 heteroatoms. The Kier molecular flexibility index (Phi) is 3.75. The minimum atomic E-state index is -1.42. The van der Waals surface area contributed by atoms with Crippen molar-refractivity contribution in [3.05, 3.63) is 41.5 Å². The van der Waals surface area contributed by atoms with E-state index in [0.717, 1.165) is 11.6 Å². The van der Waals surface area contributed by atoms with Crippen molar-refractivity contribution in [1.29, 1.82) is 0 Å². The summed E-state index contributed by atoms with van der Waals surface area (Å²) in [7, 11) is 0. The molecule has 0 aliphatic carbocycles. The first-order valence-electron chi connectivity index (χ1n) is 5.89. The van der Waals surface area contributed by atoms with Crippen LogP contribution in [0.4, 0.5) is 11.4 Å². The second-order valence-electron chi connectivity index (χ2n) is 4.33. The van der Waals surface area contributed by atoms with Crippen LogP contribution in [0.3, 0.4) is 0 Å². The third-order valence-corrected chi connectivity index (χ3v) is 2.76. The molecular weight excluding hydrogens is 276 g/mol. The van der Waals surface area contributed by atoms with Gasteiger partial charge < -0.3 is 20.4 Å². The quantitative estimate of drug-likeness (QED) is 0.510.